The van der Waals surface area contributed by atoms with Gasteiger partial charge >= 0.3 is 0 Å². The van der Waals surface area contributed by atoms with Gasteiger partial charge in [-0.05, 0) is 43.2 Å². The maximum Gasteiger partial charge on any atom is 0.117 e. The molecule has 2 N–H and O–H groups in total. The second kappa shape index (κ2) is 5.45. The summed E-state index contributed by atoms with van der Waals surface area (Å²) in [6.45, 7) is 1.93. The number of benzene rings is 1. The van der Waals surface area contributed by atoms with Crippen LogP contribution in [-0.2, 0) is 12.8 Å². The number of hydrogen-bond acceptors (Lipinski definition) is 3. The van der Waals surface area contributed by atoms with E-state index in [1.807, 2.05) is 0 Å². The van der Waals surface area contributed by atoms with Gasteiger partial charge in [0.05, 0.1) is 12.1 Å². The van der Waals surface area contributed by atoms with Crippen molar-refractivity contribution >= 4 is 5.84 Å². The van der Waals surface area contributed by atoms with E-state index in [0.717, 1.165) is 25.9 Å². The number of nitrogens with zero attached hydrogens (tertiary/aromatic N) is 1. The summed E-state index contributed by atoms with van der Waals surface area (Å²) in [6.07, 6.45) is 8.78. The molecule has 0 saturated heterocycles. The van der Waals surface area contributed by atoms with Crippen molar-refractivity contribution in [2.75, 3.05) is 13.1 Å². The molecule has 2 aliphatic carbocycles. The second-order valence-electron chi connectivity index (χ2n) is 6.81. The summed E-state index contributed by atoms with van der Waals surface area (Å²) >= 11 is 0. The van der Waals surface area contributed by atoms with E-state index in [2.05, 4.69) is 34.9 Å². The minimum atomic E-state index is 0.0647. The van der Waals surface area contributed by atoms with Crippen molar-refractivity contribution in [3.05, 3.63) is 35.4 Å². The van der Waals surface area contributed by atoms with Crippen LogP contribution in [-0.4, -0.2) is 30.5 Å². The Balaban J connectivity index is 1.59. The molecule has 1 fully saturated rings. The number of nitrogens with one attached hydrogen (secondary N) is 2. The lowest BCUT2D eigenvalue weighted by Crippen LogP contribution is -2.63. The first-order valence-corrected chi connectivity index (χ1v) is 8.49. The van der Waals surface area contributed by atoms with Gasteiger partial charge in [0.25, 0.3) is 0 Å². The van der Waals surface area contributed by atoms with E-state index in [9.17, 15) is 0 Å². The number of rotatable bonds is 1. The third-order valence-corrected chi connectivity index (χ3v) is 5.43. The molecule has 1 heterocycles. The highest BCUT2D eigenvalue weighted by Gasteiger charge is 2.41. The Morgan fingerprint density at radius 1 is 1.14 bits per heavy atom. The first kappa shape index (κ1) is 13.3. The van der Waals surface area contributed by atoms with Crippen LogP contribution in [0.5, 0.6) is 0 Å². The molecule has 1 aliphatic heterocycles. The molecule has 0 radical (unpaired) electrons. The average molecular weight is 283 g/mol. The van der Waals surface area contributed by atoms with Crippen LogP contribution in [0.3, 0.4) is 0 Å². The molecule has 4 rings (SSSR count). The Hall–Kier alpha value is -1.35. The van der Waals surface area contributed by atoms with E-state index < -0.39 is 0 Å². The van der Waals surface area contributed by atoms with Gasteiger partial charge in [-0.3, -0.25) is 4.99 Å². The van der Waals surface area contributed by atoms with Crippen LogP contribution < -0.4 is 10.6 Å². The van der Waals surface area contributed by atoms with Crippen LogP contribution in [0, 0.1) is 0 Å². The fourth-order valence-electron chi connectivity index (χ4n) is 4.23. The molecule has 0 amide bonds. The number of hydrogen-bond donors (Lipinski definition) is 2. The Morgan fingerprint density at radius 3 is 2.81 bits per heavy atom. The topological polar surface area (TPSA) is 36.4 Å². The highest BCUT2D eigenvalue weighted by atomic mass is 15.2. The molecule has 1 aromatic carbocycles. The molecule has 3 aliphatic rings. The Bertz CT molecular complexity index is 545. The molecule has 1 atom stereocenters. The van der Waals surface area contributed by atoms with E-state index in [0.29, 0.717) is 6.04 Å². The van der Waals surface area contributed by atoms with E-state index >= 15 is 0 Å². The highest BCUT2D eigenvalue weighted by molar-refractivity contribution is 5.93. The summed E-state index contributed by atoms with van der Waals surface area (Å²) in [7, 11) is 0. The van der Waals surface area contributed by atoms with Crippen LogP contribution in [0.4, 0.5) is 0 Å². The molecule has 0 bridgehead atoms. The van der Waals surface area contributed by atoms with Crippen molar-refractivity contribution < 1.29 is 0 Å². The Morgan fingerprint density at radius 2 is 1.95 bits per heavy atom. The smallest absolute Gasteiger partial charge is 0.117 e. The van der Waals surface area contributed by atoms with Gasteiger partial charge in [-0.2, -0.15) is 0 Å². The molecule has 3 heteroatoms. The van der Waals surface area contributed by atoms with Gasteiger partial charge in [-0.15, -0.1) is 0 Å². The van der Waals surface area contributed by atoms with Gasteiger partial charge in [0, 0.05) is 12.6 Å². The van der Waals surface area contributed by atoms with Crippen LogP contribution in [0.1, 0.15) is 43.2 Å². The van der Waals surface area contributed by atoms with Crippen LogP contribution in [0.25, 0.3) is 0 Å². The molecule has 3 nitrogen and oxygen atoms in total. The molecule has 1 spiro atoms. The summed E-state index contributed by atoms with van der Waals surface area (Å²) < 4.78 is 0. The zero-order valence-corrected chi connectivity index (χ0v) is 12.7. The van der Waals surface area contributed by atoms with Crippen molar-refractivity contribution in [2.45, 2.75) is 56.5 Å². The monoisotopic (exact) mass is 283 g/mol. The molecular weight excluding hydrogens is 258 g/mol. The molecule has 1 aromatic rings. The lowest BCUT2D eigenvalue weighted by molar-refractivity contribution is 0.358. The number of amidine groups is 1. The largest absolute Gasteiger partial charge is 0.370 e. The first-order valence-electron chi connectivity index (χ1n) is 8.49. The molecule has 21 heavy (non-hydrogen) atoms. The predicted octanol–water partition coefficient (Wildman–Crippen LogP) is 2.45. The van der Waals surface area contributed by atoms with Crippen LogP contribution in [0.15, 0.2) is 29.3 Å². The van der Waals surface area contributed by atoms with Crippen LogP contribution in [0.2, 0.25) is 0 Å². The molecule has 0 aromatic heterocycles. The third kappa shape index (κ3) is 2.48. The highest BCUT2D eigenvalue weighted by Crippen LogP contribution is 2.31. The van der Waals surface area contributed by atoms with E-state index in [1.165, 1.54) is 49.1 Å². The summed E-state index contributed by atoms with van der Waals surface area (Å²) in [5, 5.41) is 7.60. The van der Waals surface area contributed by atoms with Crippen molar-refractivity contribution in [3.8, 4) is 0 Å². The zero-order chi connectivity index (χ0) is 14.1. The maximum atomic E-state index is 4.89. The van der Waals surface area contributed by atoms with E-state index in [-0.39, 0.29) is 5.54 Å². The fraction of sp³-hybridized carbons (Fsp3) is 0.611. The van der Waals surface area contributed by atoms with Crippen molar-refractivity contribution in [1.29, 1.82) is 0 Å². The number of aryl methyl sites for hydroxylation is 1. The number of aliphatic imine (C=N–C) groups is 1. The molecule has 1 unspecified atom stereocenters. The Kier molecular flexibility index (Phi) is 3.46. The standard InChI is InChI=1S/C18H25N3/c1-2-6-15-13-18(10-9-14(15)5-1)17(19-11-12-20-18)21-16-7-3-4-8-16/h1-2,5-6,16,20H,3-4,7-13H2,(H,19,21). The first-order chi connectivity index (χ1) is 10.4. The third-order valence-electron chi connectivity index (χ3n) is 5.43. The summed E-state index contributed by atoms with van der Waals surface area (Å²) in [5.74, 6) is 1.25. The van der Waals surface area contributed by atoms with Crippen molar-refractivity contribution in [3.63, 3.8) is 0 Å². The lowest BCUT2D eigenvalue weighted by Gasteiger charge is -2.43. The molecular formula is C18H25N3. The summed E-state index contributed by atoms with van der Waals surface area (Å²) in [5.41, 5.74) is 3.09. The molecule has 112 valence electrons. The normalized spacial score (nSPS) is 29.2. The minimum absolute atomic E-state index is 0.0647. The predicted molar refractivity (Wildman–Crippen MR) is 86.9 cm³/mol. The lowest BCUT2D eigenvalue weighted by atomic mass is 9.76. The average Bonchev–Trinajstić information content (AvgIpc) is 3.03. The Labute approximate surface area is 127 Å². The van der Waals surface area contributed by atoms with Gasteiger partial charge in [-0.1, -0.05) is 37.1 Å². The quantitative estimate of drug-likeness (QED) is 0.830. The van der Waals surface area contributed by atoms with Crippen molar-refractivity contribution in [2.24, 2.45) is 4.99 Å². The zero-order valence-electron chi connectivity index (χ0n) is 12.7. The van der Waals surface area contributed by atoms with Crippen LogP contribution >= 0.6 is 0 Å². The number of fused-ring (bicyclic) bond motifs is 1. The summed E-state index contributed by atoms with van der Waals surface area (Å²) in [6, 6.07) is 9.56. The van der Waals surface area contributed by atoms with Gasteiger partial charge < -0.3 is 10.6 Å². The van der Waals surface area contributed by atoms with Gasteiger partial charge in [0.15, 0.2) is 0 Å². The SMILES string of the molecule is c1ccc2c(c1)CCC1(C2)NCCN=C1NC1CCCC1. The van der Waals surface area contributed by atoms with Gasteiger partial charge in [0.1, 0.15) is 5.84 Å². The maximum absolute atomic E-state index is 4.89. The second-order valence-corrected chi connectivity index (χ2v) is 6.81. The van der Waals surface area contributed by atoms with Gasteiger partial charge in [-0.25, -0.2) is 0 Å². The minimum Gasteiger partial charge on any atom is -0.370 e. The fourth-order valence-corrected chi connectivity index (χ4v) is 4.23. The van der Waals surface area contributed by atoms with Crippen molar-refractivity contribution in [1.82, 2.24) is 10.6 Å². The van der Waals surface area contributed by atoms with E-state index in [4.69, 9.17) is 4.99 Å². The molecule has 1 saturated carbocycles. The summed E-state index contributed by atoms with van der Waals surface area (Å²) in [4.78, 5) is 4.89. The van der Waals surface area contributed by atoms with Gasteiger partial charge in [0.2, 0.25) is 0 Å². The van der Waals surface area contributed by atoms with E-state index in [1.54, 1.807) is 0 Å².